The Bertz CT molecular complexity index is 585. The SMILES string of the molecule is C[C@H]1O[C@@H](O[C@@H]2[C@@H](O)[C@@H](OCc3ccccc3)OC[C@H]2O)[C@H](O)[C@@H](O)[C@H]1O. The van der Waals surface area contributed by atoms with Gasteiger partial charge in [-0.1, -0.05) is 30.3 Å². The van der Waals surface area contributed by atoms with Gasteiger partial charge < -0.3 is 44.5 Å². The van der Waals surface area contributed by atoms with Gasteiger partial charge in [0.25, 0.3) is 0 Å². The minimum Gasteiger partial charge on any atom is -0.388 e. The molecule has 3 rings (SSSR count). The van der Waals surface area contributed by atoms with Gasteiger partial charge in [-0.3, -0.25) is 0 Å². The first-order valence-corrected chi connectivity index (χ1v) is 8.87. The van der Waals surface area contributed by atoms with E-state index < -0.39 is 55.3 Å². The van der Waals surface area contributed by atoms with E-state index in [1.165, 1.54) is 6.92 Å². The first-order valence-electron chi connectivity index (χ1n) is 8.87. The second kappa shape index (κ2) is 8.91. The van der Waals surface area contributed by atoms with Gasteiger partial charge >= 0.3 is 0 Å². The van der Waals surface area contributed by atoms with Gasteiger partial charge in [-0.2, -0.15) is 0 Å². The predicted molar refractivity (Wildman–Crippen MR) is 90.2 cm³/mol. The molecule has 0 radical (unpaired) electrons. The lowest BCUT2D eigenvalue weighted by Crippen LogP contribution is -2.61. The summed E-state index contributed by atoms with van der Waals surface area (Å²) < 4.78 is 21.8. The topological polar surface area (TPSA) is 138 Å². The van der Waals surface area contributed by atoms with Crippen molar-refractivity contribution in [3.8, 4) is 0 Å². The van der Waals surface area contributed by atoms with E-state index in [2.05, 4.69) is 0 Å². The minimum absolute atomic E-state index is 0.148. The zero-order valence-corrected chi connectivity index (χ0v) is 14.9. The molecule has 0 aliphatic carbocycles. The van der Waals surface area contributed by atoms with Crippen LogP contribution in [0.2, 0.25) is 0 Å². The summed E-state index contributed by atoms with van der Waals surface area (Å²) in [6.07, 6.45) is -11.2. The fourth-order valence-electron chi connectivity index (χ4n) is 3.12. The van der Waals surface area contributed by atoms with Gasteiger partial charge in [0.2, 0.25) is 0 Å². The highest BCUT2D eigenvalue weighted by Crippen LogP contribution is 2.27. The standard InChI is InChI=1S/C18H26O9/c1-9-12(20)13(21)14(22)18(26-9)27-16-11(19)8-25-17(15(16)23)24-7-10-5-3-2-4-6-10/h2-6,9,11-23H,7-8H2,1H3/t9-,11-,12+,13+,14-,15-,16+,17+,18+/m1/s1. The Morgan fingerprint density at radius 2 is 1.63 bits per heavy atom. The summed E-state index contributed by atoms with van der Waals surface area (Å²) in [6, 6.07) is 9.30. The third kappa shape index (κ3) is 4.65. The lowest BCUT2D eigenvalue weighted by Gasteiger charge is -2.43. The van der Waals surface area contributed by atoms with E-state index in [0.717, 1.165) is 5.56 Å². The van der Waals surface area contributed by atoms with Crippen LogP contribution in [0.3, 0.4) is 0 Å². The Labute approximate surface area is 156 Å². The number of aliphatic hydroxyl groups excluding tert-OH is 5. The van der Waals surface area contributed by atoms with Crippen LogP contribution in [0.4, 0.5) is 0 Å². The molecule has 0 spiro atoms. The third-order valence-corrected chi connectivity index (χ3v) is 4.78. The molecule has 2 aliphatic heterocycles. The zero-order chi connectivity index (χ0) is 19.6. The molecule has 2 fully saturated rings. The van der Waals surface area contributed by atoms with E-state index >= 15 is 0 Å². The maximum absolute atomic E-state index is 10.5. The highest BCUT2D eigenvalue weighted by Gasteiger charge is 2.47. The molecule has 0 unspecified atom stereocenters. The molecule has 2 saturated heterocycles. The Kier molecular flexibility index (Phi) is 6.79. The molecule has 9 atom stereocenters. The minimum atomic E-state index is -1.54. The Morgan fingerprint density at radius 1 is 0.926 bits per heavy atom. The highest BCUT2D eigenvalue weighted by molar-refractivity contribution is 5.13. The summed E-state index contributed by atoms with van der Waals surface area (Å²) in [4.78, 5) is 0. The monoisotopic (exact) mass is 386 g/mol. The summed E-state index contributed by atoms with van der Waals surface area (Å²) >= 11 is 0. The van der Waals surface area contributed by atoms with Crippen LogP contribution in [0.15, 0.2) is 30.3 Å². The Hall–Kier alpha value is -1.14. The lowest BCUT2D eigenvalue weighted by atomic mass is 9.99. The van der Waals surface area contributed by atoms with Gasteiger partial charge in [0.15, 0.2) is 12.6 Å². The largest absolute Gasteiger partial charge is 0.388 e. The Morgan fingerprint density at radius 3 is 2.33 bits per heavy atom. The summed E-state index contributed by atoms with van der Waals surface area (Å²) in [7, 11) is 0. The summed E-state index contributed by atoms with van der Waals surface area (Å²) in [6.45, 7) is 1.55. The van der Waals surface area contributed by atoms with Crippen molar-refractivity contribution >= 4 is 0 Å². The van der Waals surface area contributed by atoms with Crippen LogP contribution in [0.1, 0.15) is 12.5 Å². The molecule has 9 heteroatoms. The van der Waals surface area contributed by atoms with Crippen molar-refractivity contribution in [1.29, 1.82) is 0 Å². The molecule has 2 aliphatic rings. The first-order chi connectivity index (χ1) is 12.9. The molecule has 1 aromatic rings. The molecule has 0 bridgehead atoms. The first kappa shape index (κ1) is 20.6. The van der Waals surface area contributed by atoms with Crippen molar-refractivity contribution in [1.82, 2.24) is 0 Å². The summed E-state index contributed by atoms with van der Waals surface area (Å²) in [5, 5.41) is 50.3. The van der Waals surface area contributed by atoms with E-state index in [9.17, 15) is 25.5 Å². The molecule has 27 heavy (non-hydrogen) atoms. The smallest absolute Gasteiger partial charge is 0.187 e. The average molecular weight is 386 g/mol. The van der Waals surface area contributed by atoms with Crippen LogP contribution in [-0.2, 0) is 25.6 Å². The number of ether oxygens (including phenoxy) is 4. The van der Waals surface area contributed by atoms with Crippen molar-refractivity contribution in [2.45, 2.75) is 68.8 Å². The van der Waals surface area contributed by atoms with Crippen molar-refractivity contribution in [3.05, 3.63) is 35.9 Å². The predicted octanol–water partition coefficient (Wildman–Crippen LogP) is -1.51. The quantitative estimate of drug-likeness (QED) is 0.409. The number of hydrogen-bond donors (Lipinski definition) is 5. The second-order valence-corrected chi connectivity index (χ2v) is 6.84. The summed E-state index contributed by atoms with van der Waals surface area (Å²) in [5.41, 5.74) is 0.883. The van der Waals surface area contributed by atoms with Gasteiger partial charge in [-0.15, -0.1) is 0 Å². The molecule has 0 amide bonds. The van der Waals surface area contributed by atoms with Crippen molar-refractivity contribution in [2.75, 3.05) is 6.61 Å². The van der Waals surface area contributed by atoms with Crippen molar-refractivity contribution in [2.24, 2.45) is 0 Å². The highest BCUT2D eigenvalue weighted by atomic mass is 16.7. The van der Waals surface area contributed by atoms with Crippen molar-refractivity contribution < 1.29 is 44.5 Å². The van der Waals surface area contributed by atoms with Crippen LogP contribution in [0.25, 0.3) is 0 Å². The number of aliphatic hydroxyl groups is 5. The van der Waals surface area contributed by atoms with Crippen LogP contribution in [0.5, 0.6) is 0 Å². The molecule has 0 saturated carbocycles. The maximum atomic E-state index is 10.5. The van der Waals surface area contributed by atoms with Crippen LogP contribution in [-0.4, -0.2) is 87.4 Å². The van der Waals surface area contributed by atoms with Gasteiger partial charge in [-0.25, -0.2) is 0 Å². The summed E-state index contributed by atoms with van der Waals surface area (Å²) in [5.74, 6) is 0. The van der Waals surface area contributed by atoms with Crippen LogP contribution < -0.4 is 0 Å². The molecule has 5 N–H and O–H groups in total. The molecular formula is C18H26O9. The fourth-order valence-corrected chi connectivity index (χ4v) is 3.12. The van der Waals surface area contributed by atoms with E-state index in [-0.39, 0.29) is 13.2 Å². The zero-order valence-electron chi connectivity index (χ0n) is 14.9. The van der Waals surface area contributed by atoms with E-state index in [4.69, 9.17) is 18.9 Å². The second-order valence-electron chi connectivity index (χ2n) is 6.84. The molecule has 2 heterocycles. The fraction of sp³-hybridized carbons (Fsp3) is 0.667. The molecular weight excluding hydrogens is 360 g/mol. The lowest BCUT2D eigenvalue weighted by molar-refractivity contribution is -0.346. The molecule has 0 aromatic heterocycles. The number of hydrogen-bond acceptors (Lipinski definition) is 9. The number of rotatable bonds is 5. The molecule has 9 nitrogen and oxygen atoms in total. The van der Waals surface area contributed by atoms with Crippen LogP contribution in [0, 0.1) is 0 Å². The van der Waals surface area contributed by atoms with Gasteiger partial charge in [0, 0.05) is 0 Å². The van der Waals surface area contributed by atoms with E-state index in [1.54, 1.807) is 0 Å². The maximum Gasteiger partial charge on any atom is 0.187 e. The molecule has 152 valence electrons. The normalized spacial score (nSPS) is 42.8. The molecule has 1 aromatic carbocycles. The van der Waals surface area contributed by atoms with Gasteiger partial charge in [0.05, 0.1) is 19.3 Å². The Balaban J connectivity index is 1.61. The number of benzene rings is 1. The van der Waals surface area contributed by atoms with E-state index in [1.807, 2.05) is 30.3 Å². The van der Waals surface area contributed by atoms with Crippen molar-refractivity contribution in [3.63, 3.8) is 0 Å². The van der Waals surface area contributed by atoms with E-state index in [0.29, 0.717) is 0 Å². The van der Waals surface area contributed by atoms with Crippen LogP contribution >= 0.6 is 0 Å². The average Bonchev–Trinajstić information content (AvgIpc) is 2.67. The van der Waals surface area contributed by atoms with Gasteiger partial charge in [-0.05, 0) is 12.5 Å². The third-order valence-electron chi connectivity index (χ3n) is 4.78. The van der Waals surface area contributed by atoms with Gasteiger partial charge in [0.1, 0.15) is 36.6 Å².